The first-order chi connectivity index (χ1) is 7.28. The van der Waals surface area contributed by atoms with Gasteiger partial charge in [0.2, 0.25) is 0 Å². The van der Waals surface area contributed by atoms with E-state index in [0.29, 0.717) is 6.54 Å². The third kappa shape index (κ3) is 2.42. The van der Waals surface area contributed by atoms with Gasteiger partial charge in [-0.3, -0.25) is 0 Å². The first-order valence-corrected chi connectivity index (χ1v) is 5.11. The fourth-order valence-electron chi connectivity index (χ4n) is 1.24. The van der Waals surface area contributed by atoms with Crippen LogP contribution in [0.4, 0.5) is 0 Å². The number of hydrogen-bond donors (Lipinski definition) is 0. The number of nitriles is 1. The van der Waals surface area contributed by atoms with Gasteiger partial charge in [-0.25, -0.2) is 9.67 Å². The van der Waals surface area contributed by atoms with Crippen molar-refractivity contribution >= 4 is 15.9 Å². The molecular weight excluding hydrogens is 256 g/mol. The van der Waals surface area contributed by atoms with Crippen molar-refractivity contribution in [1.82, 2.24) is 14.8 Å². The van der Waals surface area contributed by atoms with Gasteiger partial charge in [0.1, 0.15) is 12.4 Å². The number of hydrogen-bond acceptors (Lipinski definition) is 3. The Kier molecular flexibility index (Phi) is 2.79. The maximum absolute atomic E-state index is 8.57. The third-order valence-corrected chi connectivity index (χ3v) is 2.36. The van der Waals surface area contributed by atoms with Gasteiger partial charge >= 0.3 is 0 Å². The summed E-state index contributed by atoms with van der Waals surface area (Å²) in [6.07, 6.45) is 1.56. The monoisotopic (exact) mass is 262 g/mol. The Hall–Kier alpha value is -1.67. The summed E-state index contributed by atoms with van der Waals surface area (Å²) in [4.78, 5) is 3.83. The second kappa shape index (κ2) is 4.24. The summed E-state index contributed by atoms with van der Waals surface area (Å²) < 4.78 is 2.67. The topological polar surface area (TPSA) is 54.5 Å². The fourth-order valence-corrected chi connectivity index (χ4v) is 1.69. The van der Waals surface area contributed by atoms with Gasteiger partial charge in [0.15, 0.2) is 0 Å². The van der Waals surface area contributed by atoms with E-state index in [0.717, 1.165) is 10.0 Å². The van der Waals surface area contributed by atoms with E-state index in [4.69, 9.17) is 5.26 Å². The zero-order valence-electron chi connectivity index (χ0n) is 7.76. The van der Waals surface area contributed by atoms with E-state index >= 15 is 0 Å². The average Bonchev–Trinajstić information content (AvgIpc) is 2.65. The van der Waals surface area contributed by atoms with Crippen molar-refractivity contribution in [2.75, 3.05) is 0 Å². The molecule has 0 unspecified atom stereocenters. The van der Waals surface area contributed by atoms with Crippen molar-refractivity contribution in [3.8, 4) is 6.07 Å². The molecule has 4 nitrogen and oxygen atoms in total. The SMILES string of the molecule is N#Cc1ncn(Cc2cccc(Br)c2)n1. The summed E-state index contributed by atoms with van der Waals surface area (Å²) in [6, 6.07) is 9.82. The largest absolute Gasteiger partial charge is 0.252 e. The summed E-state index contributed by atoms with van der Waals surface area (Å²) in [6.45, 7) is 0.619. The molecule has 0 aliphatic carbocycles. The van der Waals surface area contributed by atoms with Gasteiger partial charge in [-0.15, -0.1) is 5.10 Å². The molecule has 0 fully saturated rings. The molecule has 1 heterocycles. The Bertz CT molecular complexity index is 512. The van der Waals surface area contributed by atoms with Crippen LogP contribution in [0.25, 0.3) is 0 Å². The predicted octanol–water partition coefficient (Wildman–Crippen LogP) is 1.96. The van der Waals surface area contributed by atoms with E-state index < -0.39 is 0 Å². The first kappa shape index (κ1) is 9.87. The predicted molar refractivity (Wildman–Crippen MR) is 58.0 cm³/mol. The molecule has 2 rings (SSSR count). The Labute approximate surface area is 95.3 Å². The lowest BCUT2D eigenvalue weighted by atomic mass is 10.2. The maximum atomic E-state index is 8.57. The quantitative estimate of drug-likeness (QED) is 0.832. The van der Waals surface area contributed by atoms with Crippen molar-refractivity contribution < 1.29 is 0 Å². The highest BCUT2D eigenvalue weighted by Crippen LogP contribution is 2.12. The molecule has 0 radical (unpaired) electrons. The Balaban J connectivity index is 2.19. The molecule has 0 aliphatic rings. The number of nitrogens with zero attached hydrogens (tertiary/aromatic N) is 4. The lowest BCUT2D eigenvalue weighted by Crippen LogP contribution is -2.00. The molecule has 0 saturated carbocycles. The molecule has 0 spiro atoms. The molecule has 74 valence electrons. The van der Waals surface area contributed by atoms with E-state index in [1.807, 2.05) is 30.3 Å². The Morgan fingerprint density at radius 1 is 1.47 bits per heavy atom. The van der Waals surface area contributed by atoms with Crippen LogP contribution in [0, 0.1) is 11.3 Å². The molecule has 1 aromatic heterocycles. The average molecular weight is 263 g/mol. The van der Waals surface area contributed by atoms with Crippen LogP contribution in [-0.4, -0.2) is 14.8 Å². The Morgan fingerprint density at radius 2 is 2.33 bits per heavy atom. The van der Waals surface area contributed by atoms with Crippen LogP contribution in [0.2, 0.25) is 0 Å². The van der Waals surface area contributed by atoms with Crippen LogP contribution in [-0.2, 0) is 6.54 Å². The molecule has 15 heavy (non-hydrogen) atoms. The molecule has 1 aromatic carbocycles. The van der Waals surface area contributed by atoms with Crippen molar-refractivity contribution in [3.05, 3.63) is 46.5 Å². The van der Waals surface area contributed by atoms with E-state index in [9.17, 15) is 0 Å². The van der Waals surface area contributed by atoms with Crippen LogP contribution in [0.3, 0.4) is 0 Å². The van der Waals surface area contributed by atoms with Gasteiger partial charge < -0.3 is 0 Å². The van der Waals surface area contributed by atoms with Crippen molar-refractivity contribution in [2.24, 2.45) is 0 Å². The molecular formula is C10H7BrN4. The smallest absolute Gasteiger partial charge is 0.247 e. The number of benzene rings is 1. The number of rotatable bonds is 2. The lowest BCUT2D eigenvalue weighted by Gasteiger charge is -2.00. The second-order valence-corrected chi connectivity index (χ2v) is 3.92. The van der Waals surface area contributed by atoms with E-state index in [1.54, 1.807) is 11.0 Å². The molecule has 2 aromatic rings. The minimum Gasteiger partial charge on any atom is -0.247 e. The standard InChI is InChI=1S/C10H7BrN4/c11-9-3-1-2-8(4-9)6-15-7-13-10(5-12)14-15/h1-4,7H,6H2. The number of halogens is 1. The van der Waals surface area contributed by atoms with Crippen LogP contribution in [0.15, 0.2) is 35.1 Å². The highest BCUT2D eigenvalue weighted by molar-refractivity contribution is 9.10. The maximum Gasteiger partial charge on any atom is 0.252 e. The van der Waals surface area contributed by atoms with Crippen molar-refractivity contribution in [2.45, 2.75) is 6.54 Å². The third-order valence-electron chi connectivity index (χ3n) is 1.87. The molecule has 0 atom stereocenters. The van der Waals surface area contributed by atoms with Crippen LogP contribution in [0.1, 0.15) is 11.4 Å². The zero-order chi connectivity index (χ0) is 10.7. The summed E-state index contributed by atoms with van der Waals surface area (Å²) in [7, 11) is 0. The number of aromatic nitrogens is 3. The molecule has 5 heteroatoms. The van der Waals surface area contributed by atoms with Gasteiger partial charge in [-0.2, -0.15) is 5.26 Å². The van der Waals surface area contributed by atoms with E-state index in [2.05, 4.69) is 26.0 Å². The lowest BCUT2D eigenvalue weighted by molar-refractivity contribution is 0.682. The normalized spacial score (nSPS) is 9.87. The minimum atomic E-state index is 0.199. The zero-order valence-corrected chi connectivity index (χ0v) is 9.35. The fraction of sp³-hybridized carbons (Fsp3) is 0.100. The van der Waals surface area contributed by atoms with Gasteiger partial charge in [0, 0.05) is 4.47 Å². The molecule has 0 amide bonds. The minimum absolute atomic E-state index is 0.199. The highest BCUT2D eigenvalue weighted by atomic mass is 79.9. The van der Waals surface area contributed by atoms with Gasteiger partial charge in [-0.1, -0.05) is 28.1 Å². The molecule has 0 saturated heterocycles. The van der Waals surface area contributed by atoms with Crippen molar-refractivity contribution in [1.29, 1.82) is 5.26 Å². The molecule has 0 bridgehead atoms. The van der Waals surface area contributed by atoms with Crippen molar-refractivity contribution in [3.63, 3.8) is 0 Å². The summed E-state index contributed by atoms with van der Waals surface area (Å²) in [5, 5.41) is 12.5. The van der Waals surface area contributed by atoms with Crippen LogP contribution >= 0.6 is 15.9 Å². The summed E-state index contributed by atoms with van der Waals surface area (Å²) in [5.41, 5.74) is 1.11. The first-order valence-electron chi connectivity index (χ1n) is 4.32. The summed E-state index contributed by atoms with van der Waals surface area (Å²) in [5.74, 6) is 0.199. The second-order valence-electron chi connectivity index (χ2n) is 3.01. The highest BCUT2D eigenvalue weighted by Gasteiger charge is 2.00. The van der Waals surface area contributed by atoms with E-state index in [1.165, 1.54) is 0 Å². The van der Waals surface area contributed by atoms with Gasteiger partial charge in [-0.05, 0) is 17.7 Å². The molecule has 0 aliphatic heterocycles. The van der Waals surface area contributed by atoms with Gasteiger partial charge in [0.25, 0.3) is 5.82 Å². The van der Waals surface area contributed by atoms with E-state index in [-0.39, 0.29) is 5.82 Å². The Morgan fingerprint density at radius 3 is 3.00 bits per heavy atom. The summed E-state index contributed by atoms with van der Waals surface area (Å²) >= 11 is 3.40. The van der Waals surface area contributed by atoms with Crippen LogP contribution in [0.5, 0.6) is 0 Å². The van der Waals surface area contributed by atoms with Crippen LogP contribution < -0.4 is 0 Å². The molecule has 0 N–H and O–H groups in total. The van der Waals surface area contributed by atoms with Gasteiger partial charge in [0.05, 0.1) is 6.54 Å².